The third-order valence-electron chi connectivity index (χ3n) is 5.05. The molecular weight excluding hydrogens is 452 g/mol. The van der Waals surface area contributed by atoms with E-state index in [-0.39, 0.29) is 22.1 Å². The first-order valence-electron chi connectivity index (χ1n) is 10.5. The van der Waals surface area contributed by atoms with E-state index in [2.05, 4.69) is 10.6 Å². The molecule has 0 heterocycles. The molecular formula is C25H24N4O4S. The Morgan fingerprint density at radius 3 is 2.26 bits per heavy atom. The summed E-state index contributed by atoms with van der Waals surface area (Å²) < 4.78 is 26.4. The first kappa shape index (κ1) is 24.6. The van der Waals surface area contributed by atoms with Gasteiger partial charge in [-0.1, -0.05) is 42.5 Å². The van der Waals surface area contributed by atoms with Gasteiger partial charge in [0.25, 0.3) is 5.91 Å². The Kier molecular flexibility index (Phi) is 8.14. The van der Waals surface area contributed by atoms with Crippen molar-refractivity contribution < 1.29 is 18.0 Å². The van der Waals surface area contributed by atoms with Crippen molar-refractivity contribution in [1.82, 2.24) is 9.62 Å². The van der Waals surface area contributed by atoms with Gasteiger partial charge < -0.3 is 10.6 Å². The highest BCUT2D eigenvalue weighted by molar-refractivity contribution is 7.89. The Morgan fingerprint density at radius 1 is 0.941 bits per heavy atom. The van der Waals surface area contributed by atoms with Gasteiger partial charge in [0.05, 0.1) is 34.3 Å². The van der Waals surface area contributed by atoms with Crippen LogP contribution in [0.2, 0.25) is 0 Å². The van der Waals surface area contributed by atoms with Gasteiger partial charge in [-0.15, -0.1) is 0 Å². The smallest absolute Gasteiger partial charge is 0.253 e. The Bertz CT molecular complexity index is 1300. The van der Waals surface area contributed by atoms with Gasteiger partial charge in [0.2, 0.25) is 15.9 Å². The minimum absolute atomic E-state index is 0.0278. The standard InChI is InChI=1S/C25H24N4O4S/c1-29(34(32,33)21-13-11-20(17-26)12-14-21)18-24(30)28-23-10-6-5-9-22(23)25(31)27-16-15-19-7-3-2-4-8-19/h2-14H,15-16,18H2,1H3,(H,27,31)(H,28,30). The largest absolute Gasteiger partial charge is 0.352 e. The number of nitrogens with zero attached hydrogens (tertiary/aromatic N) is 2. The van der Waals surface area contributed by atoms with Crippen LogP contribution in [0.3, 0.4) is 0 Å². The van der Waals surface area contributed by atoms with E-state index in [4.69, 9.17) is 5.26 Å². The molecule has 34 heavy (non-hydrogen) atoms. The molecule has 0 aliphatic carbocycles. The lowest BCUT2D eigenvalue weighted by atomic mass is 10.1. The minimum atomic E-state index is -3.93. The number of anilines is 1. The zero-order valence-electron chi connectivity index (χ0n) is 18.6. The molecule has 0 saturated carbocycles. The molecule has 0 saturated heterocycles. The van der Waals surface area contributed by atoms with E-state index in [1.807, 2.05) is 36.4 Å². The highest BCUT2D eigenvalue weighted by atomic mass is 32.2. The van der Waals surface area contributed by atoms with E-state index in [0.717, 1.165) is 9.87 Å². The molecule has 0 aliphatic rings. The van der Waals surface area contributed by atoms with Crippen LogP contribution < -0.4 is 10.6 Å². The summed E-state index contributed by atoms with van der Waals surface area (Å²) in [5.41, 5.74) is 1.99. The number of hydrogen-bond acceptors (Lipinski definition) is 5. The molecule has 2 amide bonds. The van der Waals surface area contributed by atoms with Gasteiger partial charge in [-0.25, -0.2) is 8.42 Å². The number of rotatable bonds is 9. The van der Waals surface area contributed by atoms with E-state index in [1.54, 1.807) is 24.3 Å². The van der Waals surface area contributed by atoms with Crippen LogP contribution in [0.5, 0.6) is 0 Å². The van der Waals surface area contributed by atoms with E-state index in [9.17, 15) is 18.0 Å². The molecule has 0 radical (unpaired) electrons. The molecule has 3 aromatic carbocycles. The number of sulfonamides is 1. The Balaban J connectivity index is 1.62. The quantitative estimate of drug-likeness (QED) is 0.492. The molecule has 0 spiro atoms. The third kappa shape index (κ3) is 6.28. The highest BCUT2D eigenvalue weighted by Gasteiger charge is 2.23. The number of likely N-dealkylation sites (N-methyl/N-ethyl adjacent to an activating group) is 1. The van der Waals surface area contributed by atoms with Gasteiger partial charge in [0, 0.05) is 13.6 Å². The molecule has 3 aromatic rings. The van der Waals surface area contributed by atoms with Crippen LogP contribution in [0.1, 0.15) is 21.5 Å². The Labute approximate surface area is 198 Å². The molecule has 0 aliphatic heterocycles. The van der Waals surface area contributed by atoms with Crippen LogP contribution in [-0.4, -0.2) is 44.7 Å². The average Bonchev–Trinajstić information content (AvgIpc) is 2.85. The minimum Gasteiger partial charge on any atom is -0.352 e. The fourth-order valence-electron chi connectivity index (χ4n) is 3.21. The van der Waals surface area contributed by atoms with Crippen molar-refractivity contribution in [2.24, 2.45) is 0 Å². The van der Waals surface area contributed by atoms with E-state index in [0.29, 0.717) is 18.5 Å². The molecule has 0 aromatic heterocycles. The maximum absolute atomic E-state index is 12.7. The summed E-state index contributed by atoms with van der Waals surface area (Å²) in [6.07, 6.45) is 0.666. The zero-order chi connectivity index (χ0) is 24.6. The normalized spacial score (nSPS) is 11.0. The van der Waals surface area contributed by atoms with Crippen LogP contribution >= 0.6 is 0 Å². The van der Waals surface area contributed by atoms with Gasteiger partial charge in [0.1, 0.15) is 0 Å². The second kappa shape index (κ2) is 11.2. The number of benzene rings is 3. The molecule has 0 bridgehead atoms. The maximum atomic E-state index is 12.7. The van der Waals surface area contributed by atoms with Gasteiger partial charge in [-0.3, -0.25) is 9.59 Å². The molecule has 0 unspecified atom stereocenters. The number of carbonyl (C=O) groups is 2. The van der Waals surface area contributed by atoms with Crippen LogP contribution in [0.4, 0.5) is 5.69 Å². The molecule has 0 atom stereocenters. The molecule has 8 nitrogen and oxygen atoms in total. The summed E-state index contributed by atoms with van der Waals surface area (Å²) in [6.45, 7) is -0.0248. The number of carbonyl (C=O) groups excluding carboxylic acids is 2. The molecule has 174 valence electrons. The lowest BCUT2D eigenvalue weighted by molar-refractivity contribution is -0.116. The van der Waals surface area contributed by atoms with Crippen LogP contribution in [-0.2, 0) is 21.2 Å². The topological polar surface area (TPSA) is 119 Å². The lowest BCUT2D eigenvalue weighted by Gasteiger charge is -2.18. The Morgan fingerprint density at radius 2 is 1.59 bits per heavy atom. The van der Waals surface area contributed by atoms with E-state index >= 15 is 0 Å². The van der Waals surface area contributed by atoms with Crippen LogP contribution in [0.25, 0.3) is 0 Å². The summed E-state index contributed by atoms with van der Waals surface area (Å²) in [7, 11) is -2.65. The van der Waals surface area contributed by atoms with Crippen molar-refractivity contribution in [2.75, 3.05) is 25.5 Å². The van der Waals surface area contributed by atoms with Crippen LogP contribution in [0.15, 0.2) is 83.8 Å². The number of nitriles is 1. The van der Waals surface area contributed by atoms with Gasteiger partial charge in [-0.2, -0.15) is 9.57 Å². The summed E-state index contributed by atoms with van der Waals surface area (Å²) >= 11 is 0. The molecule has 0 fully saturated rings. The second-order valence-electron chi connectivity index (χ2n) is 7.48. The number of hydrogen-bond donors (Lipinski definition) is 2. The average molecular weight is 477 g/mol. The zero-order valence-corrected chi connectivity index (χ0v) is 19.4. The van der Waals surface area contributed by atoms with Crippen molar-refractivity contribution in [1.29, 1.82) is 5.26 Å². The van der Waals surface area contributed by atoms with E-state index in [1.165, 1.54) is 31.3 Å². The highest BCUT2D eigenvalue weighted by Crippen LogP contribution is 2.17. The van der Waals surface area contributed by atoms with Crippen molar-refractivity contribution in [3.8, 4) is 6.07 Å². The van der Waals surface area contributed by atoms with Crippen LogP contribution in [0, 0.1) is 11.3 Å². The van der Waals surface area contributed by atoms with Gasteiger partial charge in [0.15, 0.2) is 0 Å². The predicted octanol–water partition coefficient (Wildman–Crippen LogP) is 2.79. The fourth-order valence-corrected chi connectivity index (χ4v) is 4.34. The van der Waals surface area contributed by atoms with Crippen molar-refractivity contribution in [2.45, 2.75) is 11.3 Å². The van der Waals surface area contributed by atoms with E-state index < -0.39 is 22.5 Å². The summed E-state index contributed by atoms with van der Waals surface area (Å²) in [5.74, 6) is -0.936. The fraction of sp³-hybridized carbons (Fsp3) is 0.160. The van der Waals surface area contributed by atoms with Crippen molar-refractivity contribution in [3.05, 3.63) is 95.6 Å². The van der Waals surface area contributed by atoms with Gasteiger partial charge >= 0.3 is 0 Å². The molecule has 9 heteroatoms. The predicted molar refractivity (Wildman–Crippen MR) is 129 cm³/mol. The second-order valence-corrected chi connectivity index (χ2v) is 9.53. The van der Waals surface area contributed by atoms with Crippen molar-refractivity contribution >= 4 is 27.5 Å². The number of para-hydroxylation sites is 1. The number of amides is 2. The number of nitrogens with one attached hydrogen (secondary N) is 2. The van der Waals surface area contributed by atoms with Crippen molar-refractivity contribution in [3.63, 3.8) is 0 Å². The molecule has 3 rings (SSSR count). The summed E-state index contributed by atoms with van der Waals surface area (Å²) in [5, 5.41) is 14.3. The SMILES string of the molecule is CN(CC(=O)Nc1ccccc1C(=O)NCCc1ccccc1)S(=O)(=O)c1ccc(C#N)cc1. The lowest BCUT2D eigenvalue weighted by Crippen LogP contribution is -2.35. The third-order valence-corrected chi connectivity index (χ3v) is 6.86. The monoisotopic (exact) mass is 476 g/mol. The first-order chi connectivity index (χ1) is 16.3. The summed E-state index contributed by atoms with van der Waals surface area (Å²) in [6, 6.07) is 23.6. The summed E-state index contributed by atoms with van der Waals surface area (Å²) in [4.78, 5) is 25.2. The first-order valence-corrected chi connectivity index (χ1v) is 11.9. The molecule has 2 N–H and O–H groups in total. The Hall–Kier alpha value is -4.00. The van der Waals surface area contributed by atoms with Gasteiger partial charge in [-0.05, 0) is 48.4 Å². The maximum Gasteiger partial charge on any atom is 0.253 e.